The highest BCUT2D eigenvalue weighted by Gasteiger charge is 2.19. The lowest BCUT2D eigenvalue weighted by atomic mass is 10.2. The molecule has 1 fully saturated rings. The van der Waals surface area contributed by atoms with Crippen LogP contribution in [0.4, 0.5) is 0 Å². The van der Waals surface area contributed by atoms with E-state index in [1.54, 1.807) is 0 Å². The Balaban J connectivity index is 1.77. The van der Waals surface area contributed by atoms with Crippen molar-refractivity contribution in [2.45, 2.75) is 26.4 Å². The molecule has 1 saturated heterocycles. The average Bonchev–Trinajstić information content (AvgIpc) is 2.44. The van der Waals surface area contributed by atoms with Gasteiger partial charge in [-0.3, -0.25) is 14.6 Å². The van der Waals surface area contributed by atoms with E-state index in [1.807, 2.05) is 32.0 Å². The second kappa shape index (κ2) is 8.16. The molecule has 6 heteroatoms. The third-order valence-electron chi connectivity index (χ3n) is 3.67. The number of carbonyl (C=O) groups excluding carboxylic acids is 1. The summed E-state index contributed by atoms with van der Waals surface area (Å²) in [6.07, 6.45) is 0. The lowest BCUT2D eigenvalue weighted by molar-refractivity contribution is -0.123. The molecule has 0 radical (unpaired) electrons. The molecule has 1 aromatic carbocycles. The summed E-state index contributed by atoms with van der Waals surface area (Å²) in [7, 11) is 0. The van der Waals surface area contributed by atoms with Crippen LogP contribution >= 0.6 is 23.2 Å². The molecule has 0 saturated carbocycles. The van der Waals surface area contributed by atoms with Gasteiger partial charge in [0.15, 0.2) is 0 Å². The molecule has 2 rings (SSSR count). The number of rotatable bonds is 5. The van der Waals surface area contributed by atoms with Crippen LogP contribution in [0.15, 0.2) is 18.2 Å². The van der Waals surface area contributed by atoms with Crippen molar-refractivity contribution in [3.63, 3.8) is 0 Å². The normalized spacial score (nSPS) is 17.0. The molecule has 1 amide bonds. The Hall–Kier alpha value is -0.810. The molecule has 1 aliphatic heterocycles. The van der Waals surface area contributed by atoms with E-state index in [-0.39, 0.29) is 11.9 Å². The first kappa shape index (κ1) is 17.5. The molecule has 1 aliphatic rings. The summed E-state index contributed by atoms with van der Waals surface area (Å²) in [4.78, 5) is 16.3. The fourth-order valence-corrected chi connectivity index (χ4v) is 2.89. The van der Waals surface area contributed by atoms with Crippen molar-refractivity contribution in [3.8, 4) is 0 Å². The molecule has 0 aromatic heterocycles. The first-order chi connectivity index (χ1) is 10.4. The Morgan fingerprint density at radius 3 is 2.36 bits per heavy atom. The Morgan fingerprint density at radius 2 is 1.77 bits per heavy atom. The molecular formula is C16H23Cl2N3O. The number of amides is 1. The topological polar surface area (TPSA) is 35.6 Å². The summed E-state index contributed by atoms with van der Waals surface area (Å²) in [5, 5.41) is 4.12. The van der Waals surface area contributed by atoms with Gasteiger partial charge in [0.1, 0.15) is 0 Å². The number of hydrogen-bond donors (Lipinski definition) is 1. The van der Waals surface area contributed by atoms with Crippen molar-refractivity contribution in [3.05, 3.63) is 33.8 Å². The first-order valence-corrected chi connectivity index (χ1v) is 8.37. The number of benzene rings is 1. The van der Waals surface area contributed by atoms with E-state index in [1.165, 1.54) is 5.56 Å². The third kappa shape index (κ3) is 5.43. The highest BCUT2D eigenvalue weighted by atomic mass is 35.5. The number of carbonyl (C=O) groups is 1. The number of nitrogens with one attached hydrogen (secondary N) is 1. The molecule has 1 aromatic rings. The average molecular weight is 344 g/mol. The van der Waals surface area contributed by atoms with Gasteiger partial charge in [0.2, 0.25) is 5.91 Å². The van der Waals surface area contributed by atoms with E-state index >= 15 is 0 Å². The molecule has 22 heavy (non-hydrogen) atoms. The summed E-state index contributed by atoms with van der Waals surface area (Å²) in [5.74, 6) is 0.105. The van der Waals surface area contributed by atoms with E-state index in [0.717, 1.165) is 32.7 Å². The minimum absolute atomic E-state index is 0.105. The van der Waals surface area contributed by atoms with Gasteiger partial charge in [0, 0.05) is 38.8 Å². The molecule has 0 bridgehead atoms. The van der Waals surface area contributed by atoms with Gasteiger partial charge in [-0.1, -0.05) is 29.3 Å². The van der Waals surface area contributed by atoms with Crippen molar-refractivity contribution in [2.75, 3.05) is 32.7 Å². The Bertz CT molecular complexity index is 514. The fourth-order valence-electron chi connectivity index (χ4n) is 2.57. The van der Waals surface area contributed by atoms with Gasteiger partial charge < -0.3 is 5.32 Å². The minimum Gasteiger partial charge on any atom is -0.353 e. The highest BCUT2D eigenvalue weighted by molar-refractivity contribution is 6.42. The van der Waals surface area contributed by atoms with E-state index in [0.29, 0.717) is 16.6 Å². The van der Waals surface area contributed by atoms with Gasteiger partial charge in [-0.25, -0.2) is 0 Å². The molecule has 4 nitrogen and oxygen atoms in total. The van der Waals surface area contributed by atoms with E-state index in [4.69, 9.17) is 23.2 Å². The van der Waals surface area contributed by atoms with Crippen LogP contribution in [0, 0.1) is 0 Å². The minimum atomic E-state index is 0.105. The second-order valence-corrected chi connectivity index (χ2v) is 6.84. The monoisotopic (exact) mass is 343 g/mol. The van der Waals surface area contributed by atoms with Crippen LogP contribution in [-0.4, -0.2) is 54.5 Å². The molecule has 1 heterocycles. The molecule has 0 aliphatic carbocycles. The van der Waals surface area contributed by atoms with Crippen LogP contribution in [0.2, 0.25) is 10.0 Å². The molecule has 0 unspecified atom stereocenters. The zero-order valence-corrected chi connectivity index (χ0v) is 14.6. The van der Waals surface area contributed by atoms with Crippen LogP contribution in [0.5, 0.6) is 0 Å². The number of piperazine rings is 1. The van der Waals surface area contributed by atoms with Crippen LogP contribution in [0.1, 0.15) is 19.4 Å². The van der Waals surface area contributed by atoms with E-state index < -0.39 is 0 Å². The predicted octanol–water partition coefficient (Wildman–Crippen LogP) is 2.64. The molecule has 0 atom stereocenters. The van der Waals surface area contributed by atoms with Crippen LogP contribution in [0.25, 0.3) is 0 Å². The van der Waals surface area contributed by atoms with Crippen LogP contribution < -0.4 is 5.32 Å². The zero-order chi connectivity index (χ0) is 16.1. The molecule has 0 spiro atoms. The van der Waals surface area contributed by atoms with Gasteiger partial charge in [-0.05, 0) is 31.5 Å². The van der Waals surface area contributed by atoms with Gasteiger partial charge in [-0.15, -0.1) is 0 Å². The Morgan fingerprint density at radius 1 is 1.14 bits per heavy atom. The highest BCUT2D eigenvalue weighted by Crippen LogP contribution is 2.23. The van der Waals surface area contributed by atoms with Gasteiger partial charge in [-0.2, -0.15) is 0 Å². The molecule has 122 valence electrons. The third-order valence-corrected chi connectivity index (χ3v) is 4.41. The zero-order valence-electron chi connectivity index (χ0n) is 13.1. The lowest BCUT2D eigenvalue weighted by Crippen LogP contribution is -2.49. The maximum Gasteiger partial charge on any atom is 0.234 e. The largest absolute Gasteiger partial charge is 0.353 e. The van der Waals surface area contributed by atoms with Crippen molar-refractivity contribution in [1.82, 2.24) is 15.1 Å². The van der Waals surface area contributed by atoms with Gasteiger partial charge in [0.25, 0.3) is 0 Å². The van der Waals surface area contributed by atoms with Crippen LogP contribution in [-0.2, 0) is 11.3 Å². The second-order valence-electron chi connectivity index (χ2n) is 6.02. The summed E-state index contributed by atoms with van der Waals surface area (Å²) in [6.45, 7) is 9.03. The quantitative estimate of drug-likeness (QED) is 0.892. The number of nitrogens with zero attached hydrogens (tertiary/aromatic N) is 2. The smallest absolute Gasteiger partial charge is 0.234 e. The maximum absolute atomic E-state index is 11.8. The Kier molecular flexibility index (Phi) is 6.50. The van der Waals surface area contributed by atoms with Crippen molar-refractivity contribution >= 4 is 29.1 Å². The van der Waals surface area contributed by atoms with E-state index in [9.17, 15) is 4.79 Å². The lowest BCUT2D eigenvalue weighted by Gasteiger charge is -2.34. The van der Waals surface area contributed by atoms with Crippen molar-refractivity contribution in [2.24, 2.45) is 0 Å². The number of hydrogen-bond acceptors (Lipinski definition) is 3. The summed E-state index contributed by atoms with van der Waals surface area (Å²) in [6, 6.07) is 5.97. The summed E-state index contributed by atoms with van der Waals surface area (Å²) in [5.41, 5.74) is 1.17. The summed E-state index contributed by atoms with van der Waals surface area (Å²) < 4.78 is 0. The maximum atomic E-state index is 11.8. The molecule has 1 N–H and O–H groups in total. The van der Waals surface area contributed by atoms with Crippen molar-refractivity contribution < 1.29 is 4.79 Å². The SMILES string of the molecule is CC(C)NC(=O)CN1CCN(Cc2ccc(Cl)c(Cl)c2)CC1. The first-order valence-electron chi connectivity index (χ1n) is 7.62. The van der Waals surface area contributed by atoms with Crippen LogP contribution in [0.3, 0.4) is 0 Å². The summed E-state index contributed by atoms with van der Waals surface area (Å²) >= 11 is 12.0. The predicted molar refractivity (Wildman–Crippen MR) is 91.5 cm³/mol. The van der Waals surface area contributed by atoms with E-state index in [2.05, 4.69) is 15.1 Å². The Labute approximate surface area is 142 Å². The fraction of sp³-hybridized carbons (Fsp3) is 0.562. The standard InChI is InChI=1S/C16H23Cl2N3O/c1-12(2)19-16(22)11-21-7-5-20(6-8-21)10-13-3-4-14(17)15(18)9-13/h3-4,9,12H,5-8,10-11H2,1-2H3,(H,19,22). The number of halogens is 2. The van der Waals surface area contributed by atoms with Crippen molar-refractivity contribution in [1.29, 1.82) is 0 Å². The molecular weight excluding hydrogens is 321 g/mol. The van der Waals surface area contributed by atoms with Gasteiger partial charge >= 0.3 is 0 Å². The van der Waals surface area contributed by atoms with Gasteiger partial charge in [0.05, 0.1) is 16.6 Å².